The highest BCUT2D eigenvalue weighted by Crippen LogP contribution is 2.40. The maximum absolute atomic E-state index is 9.50. The third kappa shape index (κ3) is 10.1. The summed E-state index contributed by atoms with van der Waals surface area (Å²) in [7, 11) is 0.500. The van der Waals surface area contributed by atoms with Crippen LogP contribution >= 0.6 is 12.6 Å². The Hall–Kier alpha value is -5.72. The Kier molecular flexibility index (Phi) is 15.5. The van der Waals surface area contributed by atoms with Crippen LogP contribution in [0.3, 0.4) is 0 Å². The second-order valence-electron chi connectivity index (χ2n) is 19.4. The van der Waals surface area contributed by atoms with Crippen LogP contribution in [0, 0.1) is 0 Å². The molecular formula is C60H70FN4S+. The summed E-state index contributed by atoms with van der Waals surface area (Å²) >= 11 is 4.67. The van der Waals surface area contributed by atoms with Crippen molar-refractivity contribution in [3.05, 3.63) is 185 Å². The van der Waals surface area contributed by atoms with Crippen molar-refractivity contribution < 1.29 is 8.96 Å². The van der Waals surface area contributed by atoms with Crippen molar-refractivity contribution in [1.82, 2.24) is 14.1 Å². The number of aromatic nitrogens is 4. The summed E-state index contributed by atoms with van der Waals surface area (Å²) in [6.45, 7) is 23.7. The normalized spacial score (nSPS) is 12.9. The van der Waals surface area contributed by atoms with Crippen molar-refractivity contribution in [3.8, 4) is 45.3 Å². The van der Waals surface area contributed by atoms with Crippen molar-refractivity contribution in [1.29, 1.82) is 0 Å². The molecule has 0 spiro atoms. The third-order valence-corrected chi connectivity index (χ3v) is 13.3. The van der Waals surface area contributed by atoms with Crippen LogP contribution in [-0.2, 0) is 13.0 Å². The minimum Gasteiger partial charge on any atom is -0.299 e. The lowest BCUT2D eigenvalue weighted by atomic mass is 9.87. The lowest BCUT2D eigenvalue weighted by Crippen LogP contribution is -2.30. The fraction of sp³-hybridized carbons (Fsp3) is 0.333. The molecule has 0 saturated carbocycles. The first kappa shape index (κ1) is 48.2. The minimum atomic E-state index is 0.403. The number of imidazole rings is 2. The molecule has 1 aliphatic carbocycles. The van der Waals surface area contributed by atoms with Crippen LogP contribution in [0.15, 0.2) is 151 Å². The second kappa shape index (κ2) is 21.3. The van der Waals surface area contributed by atoms with Gasteiger partial charge in [0.15, 0.2) is 0 Å². The standard InChI is InChI=1S/C35H37N2.C24H30N2S.CH3F/c1-24(2)32-21-30(28-15-10-13-27(20-28)19-26-11-6-5-7-12-26)22-33(25(3)4)34(32)37-18-17-36-23-29-14-8-9-16-31(29)35(36)37;1-15(2)19-9-7-8-10-20(19)24-25-11-12-26(24)23-21(16(3)4)13-18(27)14-22(23)17(5)6;1-2/h6,8-18,20-22,24-25H,5,7,19,23H2,1-4H3;7-17,27H,1-6H3;1H3/q+1;;. The van der Waals surface area contributed by atoms with E-state index in [1.807, 2.05) is 6.20 Å². The first-order chi connectivity index (χ1) is 31.8. The van der Waals surface area contributed by atoms with Crippen molar-refractivity contribution in [2.45, 2.75) is 130 Å². The smallest absolute Gasteiger partial charge is 0.294 e. The van der Waals surface area contributed by atoms with E-state index in [9.17, 15) is 4.39 Å². The number of nitrogens with zero attached hydrogens (tertiary/aromatic N) is 4. The van der Waals surface area contributed by atoms with E-state index in [2.05, 4.69) is 229 Å². The lowest BCUT2D eigenvalue weighted by molar-refractivity contribution is -0.671. The van der Waals surface area contributed by atoms with E-state index in [1.165, 1.54) is 90.4 Å². The van der Waals surface area contributed by atoms with Crippen molar-refractivity contribution in [2.24, 2.45) is 0 Å². The molecule has 0 fully saturated rings. The fourth-order valence-corrected chi connectivity index (χ4v) is 9.97. The average molecular weight is 898 g/mol. The summed E-state index contributed by atoms with van der Waals surface area (Å²) in [5, 5.41) is 0. The van der Waals surface area contributed by atoms with Gasteiger partial charge in [-0.3, -0.25) is 8.96 Å². The molecule has 0 bridgehead atoms. The predicted octanol–water partition coefficient (Wildman–Crippen LogP) is 16.3. The van der Waals surface area contributed by atoms with Crippen LogP contribution in [0.4, 0.5) is 4.39 Å². The molecule has 6 heteroatoms. The van der Waals surface area contributed by atoms with Crippen molar-refractivity contribution in [2.75, 3.05) is 7.18 Å². The maximum atomic E-state index is 9.50. The fourth-order valence-electron chi connectivity index (χ4n) is 9.69. The topological polar surface area (TPSA) is 26.6 Å². The zero-order chi connectivity index (χ0) is 47.2. The van der Waals surface area contributed by atoms with Crippen LogP contribution in [0.5, 0.6) is 0 Å². The monoisotopic (exact) mass is 898 g/mol. The number of thiol groups is 1. The molecule has 2 aliphatic rings. The van der Waals surface area contributed by atoms with Gasteiger partial charge in [0.2, 0.25) is 0 Å². The molecule has 9 rings (SSSR count). The van der Waals surface area contributed by atoms with Crippen LogP contribution in [0.25, 0.3) is 45.3 Å². The maximum Gasteiger partial charge on any atom is 0.294 e. The Labute approximate surface area is 400 Å². The van der Waals surface area contributed by atoms with E-state index in [4.69, 9.17) is 4.98 Å². The molecule has 0 amide bonds. The van der Waals surface area contributed by atoms with E-state index in [1.54, 1.807) is 0 Å². The van der Waals surface area contributed by atoms with Gasteiger partial charge < -0.3 is 0 Å². The molecular weight excluding hydrogens is 828 g/mol. The van der Waals surface area contributed by atoms with Gasteiger partial charge in [-0.15, -0.1) is 12.6 Å². The highest BCUT2D eigenvalue weighted by atomic mass is 32.1. The number of halogens is 1. The summed E-state index contributed by atoms with van der Waals surface area (Å²) in [5.41, 5.74) is 18.8. The number of hydrogen-bond acceptors (Lipinski definition) is 2. The van der Waals surface area contributed by atoms with Crippen LogP contribution in [-0.4, -0.2) is 21.3 Å². The molecule has 0 atom stereocenters. The van der Waals surface area contributed by atoms with Gasteiger partial charge in [-0.05, 0) is 118 Å². The largest absolute Gasteiger partial charge is 0.299 e. The predicted molar refractivity (Wildman–Crippen MR) is 280 cm³/mol. The van der Waals surface area contributed by atoms with Crippen LogP contribution < -0.4 is 4.57 Å². The van der Waals surface area contributed by atoms with Gasteiger partial charge in [0.1, 0.15) is 30.5 Å². The molecule has 0 unspecified atom stereocenters. The molecule has 3 heterocycles. The molecule has 0 saturated heterocycles. The average Bonchev–Trinajstić information content (AvgIpc) is 4.06. The zero-order valence-electron chi connectivity index (χ0n) is 41.1. The number of hydrogen-bond donors (Lipinski definition) is 1. The van der Waals surface area contributed by atoms with Gasteiger partial charge in [-0.1, -0.05) is 154 Å². The first-order valence-electron chi connectivity index (χ1n) is 24.0. The highest BCUT2D eigenvalue weighted by molar-refractivity contribution is 7.80. The molecule has 4 nitrogen and oxygen atoms in total. The Morgan fingerprint density at radius 2 is 1.20 bits per heavy atom. The van der Waals surface area contributed by atoms with Gasteiger partial charge in [-0.2, -0.15) is 4.57 Å². The third-order valence-electron chi connectivity index (χ3n) is 13.0. The lowest BCUT2D eigenvalue weighted by Gasteiger charge is -2.23. The van der Waals surface area contributed by atoms with Gasteiger partial charge in [0, 0.05) is 39.5 Å². The van der Waals surface area contributed by atoms with Gasteiger partial charge in [0.25, 0.3) is 5.82 Å². The van der Waals surface area contributed by atoms with Crippen molar-refractivity contribution in [3.63, 3.8) is 0 Å². The van der Waals surface area contributed by atoms with E-state index < -0.39 is 0 Å². The Bertz CT molecular complexity index is 2790. The highest BCUT2D eigenvalue weighted by Gasteiger charge is 2.33. The summed E-state index contributed by atoms with van der Waals surface area (Å²) in [4.78, 5) is 5.80. The molecule has 5 aromatic carbocycles. The van der Waals surface area contributed by atoms with Crippen LogP contribution in [0.1, 0.15) is 151 Å². The minimum absolute atomic E-state index is 0.403. The number of alkyl halides is 1. The first-order valence-corrected chi connectivity index (χ1v) is 24.4. The van der Waals surface area contributed by atoms with E-state index >= 15 is 0 Å². The quantitative estimate of drug-likeness (QED) is 0.102. The van der Waals surface area contributed by atoms with Gasteiger partial charge in [-0.25, -0.2) is 9.55 Å². The number of fused-ring (bicyclic) bond motifs is 3. The molecule has 0 N–H and O–H groups in total. The molecule has 7 aromatic rings. The van der Waals surface area contributed by atoms with E-state index in [0.717, 1.165) is 30.1 Å². The Balaban J connectivity index is 0.000000199. The Morgan fingerprint density at radius 1 is 0.606 bits per heavy atom. The molecule has 0 radical (unpaired) electrons. The number of allylic oxidation sites excluding steroid dienone is 4. The molecule has 66 heavy (non-hydrogen) atoms. The summed E-state index contributed by atoms with van der Waals surface area (Å²) < 4.78 is 16.6. The molecule has 1 aliphatic heterocycles. The summed E-state index contributed by atoms with van der Waals surface area (Å²) in [6, 6.07) is 35.9. The number of benzene rings is 5. The van der Waals surface area contributed by atoms with Crippen LogP contribution in [0.2, 0.25) is 0 Å². The van der Waals surface area contributed by atoms with E-state index in [-0.39, 0.29) is 0 Å². The molecule has 2 aromatic heterocycles. The zero-order valence-corrected chi connectivity index (χ0v) is 42.0. The summed E-state index contributed by atoms with van der Waals surface area (Å²) in [5.74, 6) is 4.37. The Morgan fingerprint density at radius 3 is 1.82 bits per heavy atom. The van der Waals surface area contributed by atoms with Crippen molar-refractivity contribution >= 4 is 12.6 Å². The number of rotatable bonds is 11. The van der Waals surface area contributed by atoms with Gasteiger partial charge in [0.05, 0.1) is 18.4 Å². The second-order valence-corrected chi connectivity index (χ2v) is 19.9. The van der Waals surface area contributed by atoms with E-state index in [0.29, 0.717) is 36.8 Å². The summed E-state index contributed by atoms with van der Waals surface area (Å²) in [6.07, 6.45) is 18.8. The molecule has 342 valence electrons. The van der Waals surface area contributed by atoms with Gasteiger partial charge >= 0.3 is 0 Å². The SMILES string of the molecule is CC(C)c1cc(-c2cccc(CC3=CCCC=C3)c2)cc(C(C)C)c1-n1cc[n+]2c1-c1ccccc1C2.CC(C)c1ccccc1-c1nccn1-c1c(C(C)C)cc(S)cc1C(C)C.CF.